The van der Waals surface area contributed by atoms with Crippen LogP contribution < -0.4 is 11.5 Å². The van der Waals surface area contributed by atoms with Gasteiger partial charge in [0.1, 0.15) is 35.9 Å². The first-order chi connectivity index (χ1) is 10.0. The zero-order valence-corrected chi connectivity index (χ0v) is 10.7. The number of hydrogen-bond acceptors (Lipinski definition) is 9. The molecule has 7 N–H and O–H groups in total. The number of aromatic nitrogens is 4. The number of imidazole rings is 1. The number of aliphatic hydroxyl groups excluding tert-OH is 3. The average molecular weight is 294 g/mol. The number of nitrogens with two attached hydrogens (primary N) is 2. The largest absolute Gasteiger partial charge is 0.508 e. The molecule has 3 heterocycles. The van der Waals surface area contributed by atoms with Crippen molar-refractivity contribution in [2.75, 3.05) is 5.73 Å². The van der Waals surface area contributed by atoms with Crippen LogP contribution in [0, 0.1) is 0 Å². The maximum absolute atomic E-state index is 10.1. The van der Waals surface area contributed by atoms with Crippen molar-refractivity contribution in [2.24, 2.45) is 5.73 Å². The van der Waals surface area contributed by atoms with Crippen LogP contribution in [0.15, 0.2) is 24.6 Å². The van der Waals surface area contributed by atoms with Crippen LogP contribution in [-0.2, 0) is 4.74 Å². The van der Waals surface area contributed by atoms with E-state index in [1.807, 2.05) is 0 Å². The van der Waals surface area contributed by atoms with Gasteiger partial charge < -0.3 is 31.5 Å². The van der Waals surface area contributed by atoms with E-state index in [0.717, 1.165) is 6.20 Å². The molecule has 0 radical (unpaired) electrons. The minimum Gasteiger partial charge on any atom is -0.508 e. The van der Waals surface area contributed by atoms with Crippen LogP contribution in [-0.4, -0.2) is 53.2 Å². The Balaban J connectivity index is 2.02. The molecule has 0 bridgehead atoms. The van der Waals surface area contributed by atoms with Crippen molar-refractivity contribution in [3.63, 3.8) is 0 Å². The second-order valence-electron chi connectivity index (χ2n) is 4.60. The highest BCUT2D eigenvalue weighted by Gasteiger charge is 2.46. The van der Waals surface area contributed by atoms with Gasteiger partial charge in [-0.1, -0.05) is 0 Å². The maximum Gasteiger partial charge on any atom is 0.167 e. The monoisotopic (exact) mass is 294 g/mol. The number of anilines is 1. The van der Waals surface area contributed by atoms with E-state index in [-0.39, 0.29) is 11.6 Å². The smallest absolute Gasteiger partial charge is 0.167 e. The van der Waals surface area contributed by atoms with E-state index in [9.17, 15) is 15.3 Å². The minimum absolute atomic E-state index is 0.188. The van der Waals surface area contributed by atoms with Crippen molar-refractivity contribution in [3.8, 4) is 0 Å². The predicted octanol–water partition coefficient (Wildman–Crippen LogP) is -1.61. The van der Waals surface area contributed by atoms with Gasteiger partial charge in [0.15, 0.2) is 17.7 Å². The zero-order chi connectivity index (χ0) is 15.1. The Kier molecular flexibility index (Phi) is 3.12. The fourth-order valence-corrected chi connectivity index (χ4v) is 2.28. The van der Waals surface area contributed by atoms with E-state index >= 15 is 0 Å². The van der Waals surface area contributed by atoms with Gasteiger partial charge in [-0.25, -0.2) is 15.0 Å². The molecular weight excluding hydrogens is 280 g/mol. The van der Waals surface area contributed by atoms with Crippen LogP contribution in [0.2, 0.25) is 0 Å². The number of fused-ring (bicyclic) bond motifs is 1. The quantitative estimate of drug-likeness (QED) is 0.409. The Morgan fingerprint density at radius 1 is 1.29 bits per heavy atom. The second-order valence-corrected chi connectivity index (χ2v) is 4.60. The van der Waals surface area contributed by atoms with Crippen molar-refractivity contribution in [2.45, 2.75) is 24.5 Å². The molecule has 1 aliphatic heterocycles. The lowest BCUT2D eigenvalue weighted by Gasteiger charge is -2.16. The lowest BCUT2D eigenvalue weighted by molar-refractivity contribution is -0.0341. The molecule has 112 valence electrons. The first-order valence-corrected chi connectivity index (χ1v) is 6.10. The molecule has 2 aromatic heterocycles. The number of hydrogen-bond donors (Lipinski definition) is 5. The molecule has 0 aromatic carbocycles. The van der Waals surface area contributed by atoms with E-state index in [2.05, 4.69) is 15.0 Å². The number of aliphatic hydroxyl groups is 3. The molecule has 0 amide bonds. The normalized spacial score (nSPS) is 30.1. The Bertz CT molecular complexity index is 701. The Morgan fingerprint density at radius 3 is 2.76 bits per heavy atom. The van der Waals surface area contributed by atoms with Crippen LogP contribution in [0.5, 0.6) is 0 Å². The van der Waals surface area contributed by atoms with Crippen LogP contribution in [0.1, 0.15) is 6.23 Å². The van der Waals surface area contributed by atoms with Crippen LogP contribution in [0.25, 0.3) is 11.2 Å². The van der Waals surface area contributed by atoms with Gasteiger partial charge in [-0.15, -0.1) is 0 Å². The average Bonchev–Trinajstić information content (AvgIpc) is 3.02. The van der Waals surface area contributed by atoms with Gasteiger partial charge in [0.05, 0.1) is 6.33 Å². The van der Waals surface area contributed by atoms with Gasteiger partial charge in [-0.2, -0.15) is 0 Å². The third-order valence-electron chi connectivity index (χ3n) is 3.36. The molecule has 3 rings (SSSR count). The third kappa shape index (κ3) is 1.96. The molecule has 4 atom stereocenters. The number of ether oxygens (including phenoxy) is 1. The third-order valence-corrected chi connectivity index (χ3v) is 3.36. The van der Waals surface area contributed by atoms with Gasteiger partial charge in [0.2, 0.25) is 0 Å². The Morgan fingerprint density at radius 2 is 2.05 bits per heavy atom. The van der Waals surface area contributed by atoms with Gasteiger partial charge in [0.25, 0.3) is 0 Å². The second kappa shape index (κ2) is 4.84. The summed E-state index contributed by atoms with van der Waals surface area (Å²) in [7, 11) is 0. The molecule has 1 aliphatic rings. The standard InChI is InChI=1S/C11H14N6O4/c12-1-4(18)8-6(19)7(20)11(21-8)17-3-16-5-9(13)14-2-15-10(5)17/h1-3,6-8,11,18-20H,12H2,(H2,13,14,15)/t6-,7+,8+,11+/m0/s1. The lowest BCUT2D eigenvalue weighted by Crippen LogP contribution is -2.32. The van der Waals surface area contributed by atoms with E-state index in [4.69, 9.17) is 16.2 Å². The van der Waals surface area contributed by atoms with Crippen LogP contribution in [0.4, 0.5) is 5.82 Å². The SMILES string of the molecule is NC=C(O)[C@H]1O[C@@H](n2cnc3c(N)ncnc32)[C@H](O)[C@@H]1O. The fourth-order valence-electron chi connectivity index (χ4n) is 2.28. The summed E-state index contributed by atoms with van der Waals surface area (Å²) >= 11 is 0. The van der Waals surface area contributed by atoms with Crippen LogP contribution >= 0.6 is 0 Å². The van der Waals surface area contributed by atoms with Crippen molar-refractivity contribution in [3.05, 3.63) is 24.6 Å². The van der Waals surface area contributed by atoms with E-state index in [1.54, 1.807) is 0 Å². The predicted molar refractivity (Wildman–Crippen MR) is 70.6 cm³/mol. The summed E-state index contributed by atoms with van der Waals surface area (Å²) in [6, 6.07) is 0. The summed E-state index contributed by atoms with van der Waals surface area (Å²) in [5.74, 6) is -0.185. The van der Waals surface area contributed by atoms with Gasteiger partial charge >= 0.3 is 0 Å². The summed E-state index contributed by atoms with van der Waals surface area (Å²) in [5, 5.41) is 29.6. The summed E-state index contributed by atoms with van der Waals surface area (Å²) < 4.78 is 6.86. The van der Waals surface area contributed by atoms with E-state index in [1.165, 1.54) is 17.2 Å². The first-order valence-electron chi connectivity index (χ1n) is 6.10. The summed E-state index contributed by atoms with van der Waals surface area (Å²) in [6.07, 6.45) is -1.26. The molecular formula is C11H14N6O4. The minimum atomic E-state index is -1.34. The molecule has 21 heavy (non-hydrogen) atoms. The number of nitrogens with zero attached hydrogens (tertiary/aromatic N) is 4. The highest BCUT2D eigenvalue weighted by Crippen LogP contribution is 2.33. The summed E-state index contributed by atoms with van der Waals surface area (Å²) in [5.41, 5.74) is 11.6. The van der Waals surface area contributed by atoms with E-state index in [0.29, 0.717) is 11.2 Å². The molecule has 10 heteroatoms. The maximum atomic E-state index is 10.1. The molecule has 1 fully saturated rings. The Hall–Kier alpha value is -2.43. The van der Waals surface area contributed by atoms with Gasteiger partial charge in [-0.05, 0) is 0 Å². The molecule has 0 aliphatic carbocycles. The Labute approximate surface area is 118 Å². The summed E-state index contributed by atoms with van der Waals surface area (Å²) in [4.78, 5) is 11.9. The molecule has 10 nitrogen and oxygen atoms in total. The molecule has 0 unspecified atom stereocenters. The molecule has 1 saturated heterocycles. The lowest BCUT2D eigenvalue weighted by atomic mass is 10.1. The van der Waals surface area contributed by atoms with Crippen molar-refractivity contribution in [1.82, 2.24) is 19.5 Å². The molecule has 2 aromatic rings. The molecule has 0 spiro atoms. The van der Waals surface area contributed by atoms with E-state index < -0.39 is 24.5 Å². The van der Waals surface area contributed by atoms with Crippen molar-refractivity contribution in [1.29, 1.82) is 0 Å². The number of rotatable bonds is 2. The zero-order valence-electron chi connectivity index (χ0n) is 10.7. The van der Waals surface area contributed by atoms with Crippen LogP contribution in [0.3, 0.4) is 0 Å². The van der Waals surface area contributed by atoms with Gasteiger partial charge in [0, 0.05) is 6.20 Å². The summed E-state index contributed by atoms with van der Waals surface area (Å²) in [6.45, 7) is 0. The highest BCUT2D eigenvalue weighted by atomic mass is 16.6. The van der Waals surface area contributed by atoms with Crippen molar-refractivity contribution >= 4 is 17.0 Å². The fraction of sp³-hybridized carbons (Fsp3) is 0.364. The van der Waals surface area contributed by atoms with Crippen molar-refractivity contribution < 1.29 is 20.1 Å². The van der Waals surface area contributed by atoms with Gasteiger partial charge in [-0.3, -0.25) is 4.57 Å². The molecule has 0 saturated carbocycles. The highest BCUT2D eigenvalue weighted by molar-refractivity contribution is 5.81. The number of nitrogen functional groups attached to an aromatic ring is 1. The first kappa shape index (κ1) is 13.5. The topological polar surface area (TPSA) is 166 Å².